The van der Waals surface area contributed by atoms with E-state index in [-0.39, 0.29) is 28.3 Å². The first-order valence-electron chi connectivity index (χ1n) is 9.03. The van der Waals surface area contributed by atoms with Crippen molar-refractivity contribution < 1.29 is 22.3 Å². The largest absolute Gasteiger partial charge is 0.360 e. The SMILES string of the molecule is Cc1cc(NS(=O)(=O)c2cc(-c3noc(C(=O)N4CCCC4)n3)ccc2C)no1. The van der Waals surface area contributed by atoms with Gasteiger partial charge in [0, 0.05) is 24.7 Å². The van der Waals surface area contributed by atoms with Gasteiger partial charge in [0.2, 0.25) is 5.82 Å². The Balaban J connectivity index is 1.62. The van der Waals surface area contributed by atoms with Crippen molar-refractivity contribution in [3.8, 4) is 11.4 Å². The van der Waals surface area contributed by atoms with Gasteiger partial charge < -0.3 is 13.9 Å². The Hall–Kier alpha value is -3.21. The highest BCUT2D eigenvalue weighted by molar-refractivity contribution is 7.92. The van der Waals surface area contributed by atoms with Gasteiger partial charge in [0.25, 0.3) is 10.0 Å². The number of rotatable bonds is 5. The fraction of sp³-hybridized carbons (Fsp3) is 0.333. The van der Waals surface area contributed by atoms with Crippen molar-refractivity contribution in [2.24, 2.45) is 0 Å². The van der Waals surface area contributed by atoms with Crippen molar-refractivity contribution in [1.82, 2.24) is 20.2 Å². The molecule has 0 atom stereocenters. The summed E-state index contributed by atoms with van der Waals surface area (Å²) in [7, 11) is -3.92. The molecule has 0 saturated carbocycles. The third kappa shape index (κ3) is 3.86. The molecule has 152 valence electrons. The second-order valence-corrected chi connectivity index (χ2v) is 8.48. The molecule has 1 aliphatic rings. The minimum atomic E-state index is -3.92. The van der Waals surface area contributed by atoms with E-state index >= 15 is 0 Å². The topological polar surface area (TPSA) is 131 Å². The van der Waals surface area contributed by atoms with Crippen molar-refractivity contribution in [3.63, 3.8) is 0 Å². The molecule has 1 N–H and O–H groups in total. The highest BCUT2D eigenvalue weighted by Crippen LogP contribution is 2.25. The summed E-state index contributed by atoms with van der Waals surface area (Å²) in [6.07, 6.45) is 1.90. The molecule has 3 heterocycles. The number of aromatic nitrogens is 3. The maximum atomic E-state index is 12.8. The van der Waals surface area contributed by atoms with Gasteiger partial charge in [-0.2, -0.15) is 4.98 Å². The molecule has 1 aromatic carbocycles. The zero-order valence-corrected chi connectivity index (χ0v) is 16.7. The van der Waals surface area contributed by atoms with Gasteiger partial charge in [0.15, 0.2) is 5.82 Å². The molecule has 11 heteroatoms. The van der Waals surface area contributed by atoms with Crippen LogP contribution in [0.5, 0.6) is 0 Å². The summed E-state index contributed by atoms with van der Waals surface area (Å²) in [6, 6.07) is 6.21. The van der Waals surface area contributed by atoms with E-state index in [1.54, 1.807) is 30.9 Å². The first kappa shape index (κ1) is 19.1. The number of anilines is 1. The molecule has 3 aromatic rings. The molecule has 0 unspecified atom stereocenters. The van der Waals surface area contributed by atoms with Crippen LogP contribution in [0.4, 0.5) is 5.82 Å². The van der Waals surface area contributed by atoms with Crippen LogP contribution in [0.15, 0.2) is 38.2 Å². The Morgan fingerprint density at radius 2 is 1.86 bits per heavy atom. The van der Waals surface area contributed by atoms with E-state index in [0.717, 1.165) is 12.8 Å². The van der Waals surface area contributed by atoms with Crippen LogP contribution in [-0.4, -0.2) is 47.6 Å². The molecule has 1 aliphatic heterocycles. The van der Waals surface area contributed by atoms with Gasteiger partial charge in [0.05, 0.1) is 4.90 Å². The molecule has 4 rings (SSSR count). The van der Waals surface area contributed by atoms with Crippen LogP contribution in [0.25, 0.3) is 11.4 Å². The lowest BCUT2D eigenvalue weighted by molar-refractivity contribution is 0.0743. The van der Waals surface area contributed by atoms with Crippen LogP contribution in [0.2, 0.25) is 0 Å². The molecular weight excluding hydrogens is 398 g/mol. The van der Waals surface area contributed by atoms with Gasteiger partial charge >= 0.3 is 11.8 Å². The van der Waals surface area contributed by atoms with Crippen molar-refractivity contribution in [3.05, 3.63) is 41.5 Å². The van der Waals surface area contributed by atoms with Crippen molar-refractivity contribution >= 4 is 21.7 Å². The number of sulfonamides is 1. The number of carbonyl (C=O) groups is 1. The van der Waals surface area contributed by atoms with E-state index in [9.17, 15) is 13.2 Å². The number of hydrogen-bond donors (Lipinski definition) is 1. The molecule has 0 spiro atoms. The van der Waals surface area contributed by atoms with Crippen LogP contribution >= 0.6 is 0 Å². The number of amides is 1. The van der Waals surface area contributed by atoms with Gasteiger partial charge in [-0.05, 0) is 38.3 Å². The number of carbonyl (C=O) groups excluding carboxylic acids is 1. The number of aryl methyl sites for hydroxylation is 2. The quantitative estimate of drug-likeness (QED) is 0.669. The van der Waals surface area contributed by atoms with Crippen LogP contribution in [0.1, 0.15) is 34.9 Å². The first-order valence-corrected chi connectivity index (χ1v) is 10.5. The molecule has 1 amide bonds. The maximum absolute atomic E-state index is 12.8. The third-order valence-electron chi connectivity index (χ3n) is 4.61. The summed E-state index contributed by atoms with van der Waals surface area (Å²) in [4.78, 5) is 18.2. The highest BCUT2D eigenvalue weighted by Gasteiger charge is 2.26. The van der Waals surface area contributed by atoms with E-state index < -0.39 is 10.0 Å². The highest BCUT2D eigenvalue weighted by atomic mass is 32.2. The van der Waals surface area contributed by atoms with Gasteiger partial charge in [-0.3, -0.25) is 9.52 Å². The number of nitrogens with zero attached hydrogens (tertiary/aromatic N) is 4. The number of likely N-dealkylation sites (tertiary alicyclic amines) is 1. The van der Waals surface area contributed by atoms with Gasteiger partial charge in [-0.1, -0.05) is 22.4 Å². The summed E-state index contributed by atoms with van der Waals surface area (Å²) in [5.41, 5.74) is 0.940. The standard InChI is InChI=1S/C18H19N5O5S/c1-11-5-6-13(10-14(11)29(25,26)22-15-9-12(2)27-20-15)16-19-17(28-21-16)18(24)23-7-3-4-8-23/h5-6,9-10H,3-4,7-8H2,1-2H3,(H,20,22). The van der Waals surface area contributed by atoms with E-state index in [4.69, 9.17) is 9.05 Å². The summed E-state index contributed by atoms with van der Waals surface area (Å²) >= 11 is 0. The fourth-order valence-electron chi connectivity index (χ4n) is 3.12. The van der Waals surface area contributed by atoms with E-state index in [2.05, 4.69) is 20.0 Å². The number of hydrogen-bond acceptors (Lipinski definition) is 8. The zero-order valence-electron chi connectivity index (χ0n) is 15.9. The van der Waals surface area contributed by atoms with Gasteiger partial charge in [-0.15, -0.1) is 0 Å². The summed E-state index contributed by atoms with van der Waals surface area (Å²) in [5, 5.41) is 7.49. The monoisotopic (exact) mass is 417 g/mol. The molecule has 0 bridgehead atoms. The number of nitrogens with one attached hydrogen (secondary N) is 1. The Bertz CT molecular complexity index is 1160. The minimum Gasteiger partial charge on any atom is -0.360 e. The Morgan fingerprint density at radius 3 is 2.55 bits per heavy atom. The summed E-state index contributed by atoms with van der Waals surface area (Å²) in [5.74, 6) is 0.286. The average Bonchev–Trinajstić information content (AvgIpc) is 3.43. The van der Waals surface area contributed by atoms with Crippen molar-refractivity contribution in [1.29, 1.82) is 0 Å². The molecule has 0 radical (unpaired) electrons. The van der Waals surface area contributed by atoms with Crippen molar-refractivity contribution in [2.45, 2.75) is 31.6 Å². The van der Waals surface area contributed by atoms with Crippen LogP contribution in [0, 0.1) is 13.8 Å². The van der Waals surface area contributed by atoms with Crippen LogP contribution < -0.4 is 4.72 Å². The minimum absolute atomic E-state index is 0.0351. The van der Waals surface area contributed by atoms with Crippen LogP contribution in [-0.2, 0) is 10.0 Å². The lowest BCUT2D eigenvalue weighted by Crippen LogP contribution is -2.27. The number of benzene rings is 1. The first-order chi connectivity index (χ1) is 13.8. The molecular formula is C18H19N5O5S. The van der Waals surface area contributed by atoms with Gasteiger partial charge in [0.1, 0.15) is 5.76 Å². The maximum Gasteiger partial charge on any atom is 0.316 e. The fourth-order valence-corrected chi connectivity index (χ4v) is 4.37. The van der Waals surface area contributed by atoms with E-state index in [1.807, 2.05) is 0 Å². The smallest absolute Gasteiger partial charge is 0.316 e. The molecule has 2 aromatic heterocycles. The van der Waals surface area contributed by atoms with E-state index in [0.29, 0.717) is 30.0 Å². The summed E-state index contributed by atoms with van der Waals surface area (Å²) in [6.45, 7) is 4.66. The summed E-state index contributed by atoms with van der Waals surface area (Å²) < 4.78 is 37.9. The van der Waals surface area contributed by atoms with Crippen LogP contribution in [0.3, 0.4) is 0 Å². The molecule has 1 saturated heterocycles. The van der Waals surface area contributed by atoms with E-state index in [1.165, 1.54) is 12.1 Å². The zero-order chi connectivity index (χ0) is 20.6. The predicted octanol–water partition coefficient (Wildman–Crippen LogP) is 2.38. The van der Waals surface area contributed by atoms with Gasteiger partial charge in [-0.25, -0.2) is 8.42 Å². The van der Waals surface area contributed by atoms with Crippen molar-refractivity contribution in [2.75, 3.05) is 17.8 Å². The molecule has 1 fully saturated rings. The predicted molar refractivity (Wildman–Crippen MR) is 102 cm³/mol. The molecule has 0 aliphatic carbocycles. The molecule has 29 heavy (non-hydrogen) atoms. The second kappa shape index (κ2) is 7.32. The lowest BCUT2D eigenvalue weighted by Gasteiger charge is -2.11. The third-order valence-corrected chi connectivity index (χ3v) is 6.10. The average molecular weight is 417 g/mol. The Labute approximate surface area is 166 Å². The molecule has 10 nitrogen and oxygen atoms in total. The Kier molecular flexibility index (Phi) is 4.82. The Morgan fingerprint density at radius 1 is 1.10 bits per heavy atom. The lowest BCUT2D eigenvalue weighted by atomic mass is 10.1. The second-order valence-electron chi connectivity index (χ2n) is 6.83. The normalized spacial score (nSPS) is 14.3.